The van der Waals surface area contributed by atoms with Gasteiger partial charge < -0.3 is 9.80 Å². The zero-order valence-electron chi connectivity index (χ0n) is 20.0. The van der Waals surface area contributed by atoms with Gasteiger partial charge in [-0.05, 0) is 80.7 Å². The molecule has 2 aromatic rings. The Hall–Kier alpha value is -3.13. The Labute approximate surface area is 203 Å². The lowest BCUT2D eigenvalue weighted by atomic mass is 9.95. The minimum atomic E-state index is -4.56. The van der Waals surface area contributed by atoms with Gasteiger partial charge in [0.1, 0.15) is 0 Å². The van der Waals surface area contributed by atoms with Gasteiger partial charge in [0, 0.05) is 30.4 Å². The van der Waals surface area contributed by atoms with Gasteiger partial charge in [-0.2, -0.15) is 13.2 Å². The number of halogens is 3. The van der Waals surface area contributed by atoms with E-state index in [1.54, 1.807) is 41.3 Å². The second-order valence-corrected chi connectivity index (χ2v) is 9.41. The van der Waals surface area contributed by atoms with Crippen LogP contribution in [0.1, 0.15) is 52.9 Å². The van der Waals surface area contributed by atoms with E-state index in [1.165, 1.54) is 17.0 Å². The molecule has 2 unspecified atom stereocenters. The van der Waals surface area contributed by atoms with Gasteiger partial charge in [-0.3, -0.25) is 14.5 Å². The first-order valence-corrected chi connectivity index (χ1v) is 11.8. The number of carbonyl (C=O) groups excluding carboxylic acids is 2. The third-order valence-electron chi connectivity index (χ3n) is 7.24. The molecule has 2 aromatic carbocycles. The zero-order valence-corrected chi connectivity index (χ0v) is 20.0. The quantitative estimate of drug-likeness (QED) is 0.501. The highest BCUT2D eigenvalue weighted by molar-refractivity contribution is 6.10. The molecule has 0 aromatic heterocycles. The average Bonchev–Trinajstić information content (AvgIpc) is 3.45. The molecule has 2 heterocycles. The first-order chi connectivity index (χ1) is 16.6. The molecule has 8 heteroatoms. The van der Waals surface area contributed by atoms with Crippen LogP contribution < -0.4 is 4.90 Å². The molecule has 0 radical (unpaired) electrons. The van der Waals surface area contributed by atoms with E-state index in [-0.39, 0.29) is 29.6 Å². The van der Waals surface area contributed by atoms with Crippen molar-refractivity contribution in [2.24, 2.45) is 5.92 Å². The molecule has 0 N–H and O–H groups in total. The number of para-hydroxylation sites is 1. The molecule has 0 aliphatic carbocycles. The van der Waals surface area contributed by atoms with Crippen LogP contribution in [0.15, 0.2) is 55.1 Å². The SMILES string of the molecule is C=CC(=O)N1CCC(CCN(C)C(C)c2cc3c(c(C(F)(F)F)c2)CN(c2ccccc2)C3=O)C1. The van der Waals surface area contributed by atoms with E-state index < -0.39 is 17.6 Å². The Morgan fingerprint density at radius 1 is 1.26 bits per heavy atom. The lowest BCUT2D eigenvalue weighted by Gasteiger charge is -2.27. The number of likely N-dealkylation sites (tertiary alicyclic amines) is 1. The van der Waals surface area contributed by atoms with Gasteiger partial charge in [-0.15, -0.1) is 0 Å². The summed E-state index contributed by atoms with van der Waals surface area (Å²) in [5, 5.41) is 0. The van der Waals surface area contributed by atoms with Crippen LogP contribution in [0.25, 0.3) is 0 Å². The van der Waals surface area contributed by atoms with E-state index in [4.69, 9.17) is 0 Å². The van der Waals surface area contributed by atoms with Crippen molar-refractivity contribution in [3.8, 4) is 0 Å². The molecular weight excluding hydrogens is 455 g/mol. The Balaban J connectivity index is 1.52. The summed E-state index contributed by atoms with van der Waals surface area (Å²) in [4.78, 5) is 30.1. The molecular formula is C27H30F3N3O2. The maximum absolute atomic E-state index is 14.0. The van der Waals surface area contributed by atoms with Crippen LogP contribution in [0.2, 0.25) is 0 Å². The molecule has 2 atom stereocenters. The van der Waals surface area contributed by atoms with Crippen molar-refractivity contribution in [2.75, 3.05) is 31.6 Å². The molecule has 186 valence electrons. The number of alkyl halides is 3. The van der Waals surface area contributed by atoms with E-state index in [1.807, 2.05) is 18.9 Å². The predicted octanol–water partition coefficient (Wildman–Crippen LogP) is 5.28. The van der Waals surface area contributed by atoms with Crippen molar-refractivity contribution in [1.29, 1.82) is 0 Å². The van der Waals surface area contributed by atoms with Crippen molar-refractivity contribution in [2.45, 2.75) is 38.5 Å². The highest BCUT2D eigenvalue weighted by Gasteiger charge is 2.41. The fourth-order valence-electron chi connectivity index (χ4n) is 4.97. The van der Waals surface area contributed by atoms with Crippen LogP contribution in [0.3, 0.4) is 0 Å². The molecule has 2 aliphatic rings. The predicted molar refractivity (Wildman–Crippen MR) is 129 cm³/mol. The number of hydrogen-bond acceptors (Lipinski definition) is 3. The van der Waals surface area contributed by atoms with Gasteiger partial charge in [0.2, 0.25) is 5.91 Å². The number of anilines is 1. The normalized spacial score (nSPS) is 18.8. The highest BCUT2D eigenvalue weighted by atomic mass is 19.4. The van der Waals surface area contributed by atoms with Crippen LogP contribution in [0, 0.1) is 5.92 Å². The molecule has 4 rings (SSSR count). The summed E-state index contributed by atoms with van der Waals surface area (Å²) in [6.45, 7) is 7.34. The second-order valence-electron chi connectivity index (χ2n) is 9.41. The van der Waals surface area contributed by atoms with Gasteiger partial charge in [-0.25, -0.2) is 0 Å². The van der Waals surface area contributed by atoms with Crippen molar-refractivity contribution >= 4 is 17.5 Å². The average molecular weight is 486 g/mol. The highest BCUT2D eigenvalue weighted by Crippen LogP contribution is 2.41. The number of fused-ring (bicyclic) bond motifs is 1. The number of carbonyl (C=O) groups is 2. The lowest BCUT2D eigenvalue weighted by Crippen LogP contribution is -2.28. The molecule has 1 saturated heterocycles. The summed E-state index contributed by atoms with van der Waals surface area (Å²) in [5.74, 6) is -0.132. The second kappa shape index (κ2) is 9.85. The number of benzene rings is 2. The molecule has 2 amide bonds. The van der Waals surface area contributed by atoms with Crippen molar-refractivity contribution in [3.63, 3.8) is 0 Å². The topological polar surface area (TPSA) is 43.9 Å². The van der Waals surface area contributed by atoms with Gasteiger partial charge in [0.15, 0.2) is 0 Å². The maximum atomic E-state index is 14.0. The minimum absolute atomic E-state index is 0.0305. The minimum Gasteiger partial charge on any atom is -0.339 e. The Morgan fingerprint density at radius 3 is 2.63 bits per heavy atom. The van der Waals surface area contributed by atoms with Gasteiger partial charge in [-0.1, -0.05) is 24.8 Å². The Morgan fingerprint density at radius 2 is 1.97 bits per heavy atom. The molecule has 1 fully saturated rings. The maximum Gasteiger partial charge on any atom is 0.416 e. The monoisotopic (exact) mass is 485 g/mol. The van der Waals surface area contributed by atoms with Crippen LogP contribution in [-0.4, -0.2) is 48.3 Å². The Bertz CT molecular complexity index is 1120. The van der Waals surface area contributed by atoms with Crippen molar-refractivity contribution in [1.82, 2.24) is 9.80 Å². The van der Waals surface area contributed by atoms with Gasteiger partial charge in [0.25, 0.3) is 5.91 Å². The van der Waals surface area contributed by atoms with Crippen LogP contribution in [-0.2, 0) is 17.5 Å². The summed E-state index contributed by atoms with van der Waals surface area (Å²) in [6.07, 6.45) is -1.50. The number of rotatable bonds is 7. The number of hydrogen-bond donors (Lipinski definition) is 0. The first kappa shape index (κ1) is 25.0. The third-order valence-corrected chi connectivity index (χ3v) is 7.24. The van der Waals surface area contributed by atoms with Crippen LogP contribution in [0.5, 0.6) is 0 Å². The van der Waals surface area contributed by atoms with E-state index in [9.17, 15) is 22.8 Å². The Kier molecular flexibility index (Phi) is 7.03. The van der Waals surface area contributed by atoms with E-state index >= 15 is 0 Å². The van der Waals surface area contributed by atoms with E-state index in [2.05, 4.69) is 6.58 Å². The first-order valence-electron chi connectivity index (χ1n) is 11.8. The standard InChI is InChI=1S/C27H30F3N3O2/c1-4-25(34)32-13-11-19(16-32)10-12-31(3)18(2)20-14-22-23(24(15-20)27(28,29)30)17-33(26(22)35)21-8-6-5-7-9-21/h4-9,14-15,18-19H,1,10-13,16-17H2,2-3H3. The fraction of sp³-hybridized carbons (Fsp3) is 0.407. The number of nitrogens with zero attached hydrogens (tertiary/aromatic N) is 3. The van der Waals surface area contributed by atoms with Crippen molar-refractivity contribution in [3.05, 3.63) is 77.4 Å². The lowest BCUT2D eigenvalue weighted by molar-refractivity contribution is -0.138. The summed E-state index contributed by atoms with van der Waals surface area (Å²) >= 11 is 0. The van der Waals surface area contributed by atoms with Crippen molar-refractivity contribution < 1.29 is 22.8 Å². The number of amides is 2. The van der Waals surface area contributed by atoms with Crippen LogP contribution >= 0.6 is 0 Å². The zero-order chi connectivity index (χ0) is 25.3. The van der Waals surface area contributed by atoms with E-state index in [0.29, 0.717) is 36.8 Å². The van der Waals surface area contributed by atoms with Gasteiger partial charge >= 0.3 is 6.18 Å². The fourth-order valence-corrected chi connectivity index (χ4v) is 4.97. The molecule has 0 spiro atoms. The summed E-state index contributed by atoms with van der Waals surface area (Å²) in [6, 6.07) is 11.3. The third kappa shape index (κ3) is 5.12. The summed E-state index contributed by atoms with van der Waals surface area (Å²) in [5.41, 5.74) is 0.452. The van der Waals surface area contributed by atoms with Crippen LogP contribution in [0.4, 0.5) is 18.9 Å². The molecule has 5 nitrogen and oxygen atoms in total. The smallest absolute Gasteiger partial charge is 0.339 e. The largest absolute Gasteiger partial charge is 0.416 e. The molecule has 35 heavy (non-hydrogen) atoms. The van der Waals surface area contributed by atoms with E-state index in [0.717, 1.165) is 12.8 Å². The molecule has 0 bridgehead atoms. The summed E-state index contributed by atoms with van der Waals surface area (Å²) < 4.78 is 42.1. The molecule has 0 saturated carbocycles. The molecule has 2 aliphatic heterocycles. The summed E-state index contributed by atoms with van der Waals surface area (Å²) in [7, 11) is 1.88. The van der Waals surface area contributed by atoms with Gasteiger partial charge in [0.05, 0.1) is 12.1 Å².